The maximum absolute atomic E-state index is 12.6. The highest BCUT2D eigenvalue weighted by Gasteiger charge is 2.31. The second-order valence-electron chi connectivity index (χ2n) is 6.26. The summed E-state index contributed by atoms with van der Waals surface area (Å²) in [4.78, 5) is 33.6. The van der Waals surface area contributed by atoms with Crippen LogP contribution in [0.4, 0.5) is 10.8 Å². The number of aryl methyl sites for hydroxylation is 1. The second kappa shape index (κ2) is 8.05. The molecule has 1 aliphatic rings. The Hall–Kier alpha value is -2.95. The Morgan fingerprint density at radius 3 is 2.80 bits per heavy atom. The van der Waals surface area contributed by atoms with E-state index < -0.39 is 4.92 Å². The van der Waals surface area contributed by atoms with Crippen LogP contribution in [-0.4, -0.2) is 32.9 Å². The average Bonchev–Trinajstić information content (AvgIpc) is 3.39. The Labute approximate surface area is 184 Å². The summed E-state index contributed by atoms with van der Waals surface area (Å²) in [5.74, 6) is 0.700. The van der Waals surface area contributed by atoms with Gasteiger partial charge in [-0.05, 0) is 36.9 Å². The van der Waals surface area contributed by atoms with E-state index in [-0.39, 0.29) is 16.6 Å². The molecule has 1 aromatic carbocycles. The van der Waals surface area contributed by atoms with Gasteiger partial charge in [-0.25, -0.2) is 4.98 Å². The number of nitro groups is 1. The van der Waals surface area contributed by atoms with E-state index >= 15 is 0 Å². The fraction of sp³-hybridized carbons (Fsp3) is 0.105. The van der Waals surface area contributed by atoms with Crippen molar-refractivity contribution in [2.24, 2.45) is 4.99 Å². The molecule has 11 heteroatoms. The predicted octanol–water partition coefficient (Wildman–Crippen LogP) is 5.51. The van der Waals surface area contributed by atoms with E-state index in [2.05, 4.69) is 9.98 Å². The smallest absolute Gasteiger partial charge is 0.270 e. The van der Waals surface area contributed by atoms with Crippen molar-refractivity contribution >= 4 is 62.7 Å². The minimum absolute atomic E-state index is 0.101. The summed E-state index contributed by atoms with van der Waals surface area (Å²) in [6.45, 7) is 1.88. The topological polar surface area (TPSA) is 102 Å². The van der Waals surface area contributed by atoms with E-state index in [9.17, 15) is 14.9 Å². The highest BCUT2D eigenvalue weighted by atomic mass is 35.5. The number of amidine groups is 1. The molecule has 1 saturated heterocycles. The number of amides is 1. The molecule has 1 fully saturated rings. The van der Waals surface area contributed by atoms with Gasteiger partial charge in [0.2, 0.25) is 5.13 Å². The van der Waals surface area contributed by atoms with Crippen molar-refractivity contribution in [2.75, 3.05) is 7.05 Å². The summed E-state index contributed by atoms with van der Waals surface area (Å²) in [6.07, 6.45) is 1.63. The highest BCUT2D eigenvalue weighted by Crippen LogP contribution is 2.36. The molecule has 30 heavy (non-hydrogen) atoms. The lowest BCUT2D eigenvalue weighted by Gasteiger charge is -2.05. The first-order valence-corrected chi connectivity index (χ1v) is 10.6. The number of thiazole rings is 1. The van der Waals surface area contributed by atoms with Crippen LogP contribution in [0.25, 0.3) is 17.4 Å². The van der Waals surface area contributed by atoms with Gasteiger partial charge in [0.15, 0.2) is 5.17 Å². The van der Waals surface area contributed by atoms with Gasteiger partial charge < -0.3 is 4.42 Å². The van der Waals surface area contributed by atoms with Crippen LogP contribution >= 0.6 is 34.7 Å². The number of halogens is 1. The van der Waals surface area contributed by atoms with E-state index in [0.717, 1.165) is 5.69 Å². The summed E-state index contributed by atoms with van der Waals surface area (Å²) in [5, 5.41) is 14.1. The van der Waals surface area contributed by atoms with E-state index in [4.69, 9.17) is 16.0 Å². The molecule has 4 rings (SSSR count). The first kappa shape index (κ1) is 20.3. The molecule has 152 valence electrons. The molecule has 0 atom stereocenters. The molecule has 3 aromatic rings. The minimum Gasteiger partial charge on any atom is -0.457 e. The molecule has 0 unspecified atom stereocenters. The molecule has 0 N–H and O–H groups in total. The van der Waals surface area contributed by atoms with E-state index in [0.29, 0.717) is 32.3 Å². The molecule has 1 aliphatic heterocycles. The van der Waals surface area contributed by atoms with Crippen LogP contribution in [-0.2, 0) is 4.79 Å². The van der Waals surface area contributed by atoms with Crippen molar-refractivity contribution < 1.29 is 14.1 Å². The molecule has 0 spiro atoms. The van der Waals surface area contributed by atoms with E-state index in [1.54, 1.807) is 25.3 Å². The third-order valence-corrected chi connectivity index (χ3v) is 6.36. The number of nitrogens with zero attached hydrogens (tertiary/aromatic N) is 4. The average molecular weight is 461 g/mol. The normalized spacial score (nSPS) is 16.8. The van der Waals surface area contributed by atoms with Crippen molar-refractivity contribution in [2.45, 2.75) is 6.92 Å². The molecule has 1 amide bonds. The number of rotatable bonds is 4. The van der Waals surface area contributed by atoms with Crippen molar-refractivity contribution in [3.63, 3.8) is 0 Å². The largest absolute Gasteiger partial charge is 0.457 e. The van der Waals surface area contributed by atoms with Crippen LogP contribution in [0.2, 0.25) is 5.02 Å². The first-order valence-electron chi connectivity index (χ1n) is 8.54. The van der Waals surface area contributed by atoms with Gasteiger partial charge in [-0.2, -0.15) is 4.99 Å². The summed E-state index contributed by atoms with van der Waals surface area (Å²) in [5.41, 5.74) is 1.30. The number of likely N-dealkylation sites (N-methyl/N-ethyl adjacent to an activating group) is 1. The van der Waals surface area contributed by atoms with Gasteiger partial charge in [-0.15, -0.1) is 11.3 Å². The number of nitro benzene ring substituents is 1. The number of hydrogen-bond acceptors (Lipinski definition) is 8. The number of benzene rings is 1. The summed E-state index contributed by atoms with van der Waals surface area (Å²) < 4.78 is 5.79. The number of aliphatic imine (C=N–C) groups is 1. The van der Waals surface area contributed by atoms with Crippen molar-refractivity contribution in [3.05, 3.63) is 67.2 Å². The Kier molecular flexibility index (Phi) is 5.46. The van der Waals surface area contributed by atoms with E-state index in [1.165, 1.54) is 46.2 Å². The SMILES string of the molecule is Cc1csc(/N=C2/S/C(=C/c3ccc(-c4ccc([N+](=O)[O-])cc4Cl)o3)C(=O)N2C)n1. The molecule has 2 aromatic heterocycles. The number of non-ortho nitro benzene ring substituents is 1. The van der Waals surface area contributed by atoms with Crippen LogP contribution in [0.1, 0.15) is 11.5 Å². The zero-order chi connectivity index (χ0) is 21.4. The van der Waals surface area contributed by atoms with Crippen molar-refractivity contribution in [1.82, 2.24) is 9.88 Å². The molecule has 0 radical (unpaired) electrons. The lowest BCUT2D eigenvalue weighted by atomic mass is 10.1. The molecule has 0 aliphatic carbocycles. The monoisotopic (exact) mass is 460 g/mol. The minimum atomic E-state index is -0.515. The van der Waals surface area contributed by atoms with Gasteiger partial charge in [0.1, 0.15) is 11.5 Å². The van der Waals surface area contributed by atoms with Gasteiger partial charge in [0, 0.05) is 36.2 Å². The van der Waals surface area contributed by atoms with Crippen LogP contribution in [0.15, 0.2) is 50.0 Å². The zero-order valence-corrected chi connectivity index (χ0v) is 18.0. The molecule has 3 heterocycles. The highest BCUT2D eigenvalue weighted by molar-refractivity contribution is 8.18. The lowest BCUT2D eigenvalue weighted by Crippen LogP contribution is -2.23. The maximum Gasteiger partial charge on any atom is 0.270 e. The van der Waals surface area contributed by atoms with Crippen LogP contribution in [0, 0.1) is 17.0 Å². The fourth-order valence-electron chi connectivity index (χ4n) is 2.65. The third-order valence-electron chi connectivity index (χ3n) is 4.13. The van der Waals surface area contributed by atoms with Crippen LogP contribution in [0.3, 0.4) is 0 Å². The molecule has 8 nitrogen and oxygen atoms in total. The standard InChI is InChI=1S/C19H13ClN4O4S2/c1-10-9-29-18(21-10)22-19-23(2)17(25)16(30-19)8-12-4-6-15(28-12)13-5-3-11(24(26)27)7-14(13)20/h3-9H,1-2H3/b16-8+,22-19+. The Bertz CT molecular complexity index is 1230. The Balaban J connectivity index is 1.59. The van der Waals surface area contributed by atoms with Crippen molar-refractivity contribution in [1.29, 1.82) is 0 Å². The second-order valence-corrected chi connectivity index (χ2v) is 8.52. The van der Waals surface area contributed by atoms with Gasteiger partial charge in [-0.3, -0.25) is 19.8 Å². The summed E-state index contributed by atoms with van der Waals surface area (Å²) >= 11 is 8.80. The molecular formula is C19H13ClN4O4S2. The molecule has 0 saturated carbocycles. The molecule has 0 bridgehead atoms. The Morgan fingerprint density at radius 2 is 2.13 bits per heavy atom. The number of thioether (sulfide) groups is 1. The van der Waals surface area contributed by atoms with Gasteiger partial charge >= 0.3 is 0 Å². The van der Waals surface area contributed by atoms with Gasteiger partial charge in [0.05, 0.1) is 20.5 Å². The van der Waals surface area contributed by atoms with Crippen LogP contribution < -0.4 is 0 Å². The molecular weight excluding hydrogens is 448 g/mol. The zero-order valence-electron chi connectivity index (χ0n) is 15.7. The first-order chi connectivity index (χ1) is 14.3. The van der Waals surface area contributed by atoms with Gasteiger partial charge in [-0.1, -0.05) is 11.6 Å². The quantitative estimate of drug-likeness (QED) is 0.289. The van der Waals surface area contributed by atoms with Crippen LogP contribution in [0.5, 0.6) is 0 Å². The number of carbonyl (C=O) groups excluding carboxylic acids is 1. The third kappa shape index (κ3) is 4.02. The van der Waals surface area contributed by atoms with Crippen molar-refractivity contribution in [3.8, 4) is 11.3 Å². The van der Waals surface area contributed by atoms with Gasteiger partial charge in [0.25, 0.3) is 11.6 Å². The Morgan fingerprint density at radius 1 is 1.33 bits per heavy atom. The summed E-state index contributed by atoms with van der Waals surface area (Å²) in [6, 6.07) is 7.55. The fourth-order valence-corrected chi connectivity index (χ4v) is 4.59. The van der Waals surface area contributed by atoms with E-state index in [1.807, 2.05) is 12.3 Å². The lowest BCUT2D eigenvalue weighted by molar-refractivity contribution is -0.384. The number of carbonyl (C=O) groups is 1. The number of furan rings is 1. The number of aromatic nitrogens is 1. The maximum atomic E-state index is 12.6. The number of hydrogen-bond donors (Lipinski definition) is 0. The predicted molar refractivity (Wildman–Crippen MR) is 118 cm³/mol. The summed E-state index contributed by atoms with van der Waals surface area (Å²) in [7, 11) is 1.65.